The average molecular weight is 390 g/mol. The fourth-order valence-corrected chi connectivity index (χ4v) is 2.94. The molecule has 0 bridgehead atoms. The fraction of sp³-hybridized carbons (Fsp3) is 0.227. The van der Waals surface area contributed by atoms with Crippen LogP contribution in [0.2, 0.25) is 0 Å². The molecule has 0 saturated carbocycles. The Kier molecular flexibility index (Phi) is 6.61. The molecule has 0 unspecified atom stereocenters. The van der Waals surface area contributed by atoms with Gasteiger partial charge in [-0.2, -0.15) is 10.4 Å². The smallest absolute Gasteiger partial charge is 0.224 e. The lowest BCUT2D eigenvalue weighted by Crippen LogP contribution is -2.27. The lowest BCUT2D eigenvalue weighted by atomic mass is 10.1. The second kappa shape index (κ2) is 9.53. The molecule has 3 aromatic rings. The number of hydrogen-bond acceptors (Lipinski definition) is 5. The van der Waals surface area contributed by atoms with Crippen molar-refractivity contribution in [3.05, 3.63) is 77.1 Å². The minimum Gasteiger partial charge on any atom is -0.487 e. The third-order valence-corrected chi connectivity index (χ3v) is 4.37. The number of aliphatic hydroxyl groups excluding tert-OH is 1. The number of nitrogens with one attached hydrogen (secondary N) is 1. The predicted molar refractivity (Wildman–Crippen MR) is 108 cm³/mol. The van der Waals surface area contributed by atoms with Crippen LogP contribution >= 0.6 is 0 Å². The van der Waals surface area contributed by atoms with Gasteiger partial charge in [-0.3, -0.25) is 4.79 Å². The van der Waals surface area contributed by atoms with Gasteiger partial charge in [-0.1, -0.05) is 30.3 Å². The van der Waals surface area contributed by atoms with Crippen LogP contribution in [0.5, 0.6) is 5.75 Å². The number of aryl methyl sites for hydroxylation is 1. The van der Waals surface area contributed by atoms with Gasteiger partial charge >= 0.3 is 0 Å². The van der Waals surface area contributed by atoms with Crippen LogP contribution in [-0.2, 0) is 17.8 Å². The number of ether oxygens (including phenoxy) is 1. The molecule has 0 atom stereocenters. The number of nitriles is 1. The topological polar surface area (TPSA) is 100 Å². The summed E-state index contributed by atoms with van der Waals surface area (Å²) >= 11 is 0. The van der Waals surface area contributed by atoms with Crippen molar-refractivity contribution in [2.75, 3.05) is 13.2 Å². The number of nitrogens with zero attached hydrogens (tertiary/aromatic N) is 3. The van der Waals surface area contributed by atoms with Crippen LogP contribution in [0.1, 0.15) is 22.5 Å². The van der Waals surface area contributed by atoms with Crippen molar-refractivity contribution in [3.8, 4) is 17.5 Å². The molecule has 0 aliphatic carbocycles. The molecule has 0 aliphatic heterocycles. The van der Waals surface area contributed by atoms with Gasteiger partial charge < -0.3 is 15.2 Å². The summed E-state index contributed by atoms with van der Waals surface area (Å²) in [7, 11) is 0. The first-order valence-corrected chi connectivity index (χ1v) is 9.25. The van der Waals surface area contributed by atoms with Gasteiger partial charge in [0.25, 0.3) is 0 Å². The maximum absolute atomic E-state index is 11.7. The van der Waals surface area contributed by atoms with Gasteiger partial charge in [-0.25, -0.2) is 4.68 Å². The number of aliphatic hydroxyl groups is 1. The van der Waals surface area contributed by atoms with Crippen molar-refractivity contribution in [1.29, 1.82) is 5.26 Å². The molecule has 3 rings (SSSR count). The molecule has 1 aromatic heterocycles. The quantitative estimate of drug-likeness (QED) is 0.615. The van der Waals surface area contributed by atoms with Crippen molar-refractivity contribution >= 4 is 5.91 Å². The van der Waals surface area contributed by atoms with Crippen LogP contribution in [0.25, 0.3) is 5.69 Å². The Labute approximate surface area is 169 Å². The second-order valence-corrected chi connectivity index (χ2v) is 6.45. The Bertz CT molecular complexity index is 1010. The predicted octanol–water partition coefficient (Wildman–Crippen LogP) is 2.28. The maximum Gasteiger partial charge on any atom is 0.224 e. The van der Waals surface area contributed by atoms with E-state index in [-0.39, 0.29) is 32.1 Å². The number of aromatic nitrogens is 2. The molecule has 0 spiro atoms. The Morgan fingerprint density at radius 1 is 1.21 bits per heavy atom. The minimum atomic E-state index is -0.145. The number of carbonyl (C=O) groups excluding carboxylic acids is 1. The van der Waals surface area contributed by atoms with E-state index in [2.05, 4.69) is 16.5 Å². The highest BCUT2D eigenvalue weighted by atomic mass is 16.5. The Morgan fingerprint density at radius 2 is 1.93 bits per heavy atom. The average Bonchev–Trinajstić information content (AvgIpc) is 3.07. The monoisotopic (exact) mass is 390 g/mol. The van der Waals surface area contributed by atoms with E-state index in [1.807, 2.05) is 42.5 Å². The van der Waals surface area contributed by atoms with E-state index in [1.165, 1.54) is 0 Å². The minimum absolute atomic E-state index is 0.0811. The van der Waals surface area contributed by atoms with Crippen LogP contribution < -0.4 is 10.1 Å². The molecular formula is C22H22N4O3. The van der Waals surface area contributed by atoms with Gasteiger partial charge in [-0.15, -0.1) is 0 Å². The molecule has 2 aromatic carbocycles. The summed E-state index contributed by atoms with van der Waals surface area (Å²) in [4.78, 5) is 11.7. The summed E-state index contributed by atoms with van der Waals surface area (Å²) in [6.45, 7) is 2.16. The van der Waals surface area contributed by atoms with Crippen LogP contribution in [-0.4, -0.2) is 33.9 Å². The molecule has 2 N–H and O–H groups in total. The van der Waals surface area contributed by atoms with Gasteiger partial charge in [0.05, 0.1) is 30.1 Å². The van der Waals surface area contributed by atoms with Gasteiger partial charge in [0, 0.05) is 6.54 Å². The molecule has 29 heavy (non-hydrogen) atoms. The SMILES string of the molecule is Cc1nn(-c2ccccc2)c(COc2ccc(CC(=O)NCCO)cc2)c1C#N. The summed E-state index contributed by atoms with van der Waals surface area (Å²) in [5, 5.41) is 25.4. The normalized spacial score (nSPS) is 10.4. The van der Waals surface area contributed by atoms with Crippen molar-refractivity contribution in [2.24, 2.45) is 0 Å². The number of carbonyl (C=O) groups is 1. The molecule has 1 heterocycles. The first kappa shape index (κ1) is 20.1. The zero-order chi connectivity index (χ0) is 20.6. The summed E-state index contributed by atoms with van der Waals surface area (Å²) in [5.74, 6) is 0.487. The molecule has 0 radical (unpaired) electrons. The first-order chi connectivity index (χ1) is 14.1. The summed E-state index contributed by atoms with van der Waals surface area (Å²) in [6, 6.07) is 19.0. The maximum atomic E-state index is 11.7. The molecule has 148 valence electrons. The molecule has 7 nitrogen and oxygen atoms in total. The first-order valence-electron chi connectivity index (χ1n) is 9.25. The lowest BCUT2D eigenvalue weighted by molar-refractivity contribution is -0.120. The molecule has 0 fully saturated rings. The molecule has 1 amide bonds. The van der Waals surface area contributed by atoms with Crippen LogP contribution in [0, 0.1) is 18.3 Å². The van der Waals surface area contributed by atoms with E-state index in [1.54, 1.807) is 23.7 Å². The van der Waals surface area contributed by atoms with Gasteiger partial charge in [0.15, 0.2) is 0 Å². The number of hydrogen-bond donors (Lipinski definition) is 2. The highest BCUT2D eigenvalue weighted by Gasteiger charge is 2.17. The van der Waals surface area contributed by atoms with E-state index in [9.17, 15) is 10.1 Å². The molecule has 7 heteroatoms. The Hall–Kier alpha value is -3.63. The van der Waals surface area contributed by atoms with Crippen LogP contribution in [0.15, 0.2) is 54.6 Å². The van der Waals surface area contributed by atoms with Crippen molar-refractivity contribution in [3.63, 3.8) is 0 Å². The fourth-order valence-electron chi connectivity index (χ4n) is 2.94. The number of amides is 1. The molecular weight excluding hydrogens is 368 g/mol. The van der Waals surface area contributed by atoms with E-state index in [4.69, 9.17) is 9.84 Å². The third kappa shape index (κ3) is 5.00. The molecule has 0 saturated heterocycles. The summed E-state index contributed by atoms with van der Waals surface area (Å²) in [5.41, 5.74) is 3.55. The highest BCUT2D eigenvalue weighted by molar-refractivity contribution is 5.78. The van der Waals surface area contributed by atoms with Crippen molar-refractivity contribution in [2.45, 2.75) is 20.0 Å². The van der Waals surface area contributed by atoms with Crippen LogP contribution in [0.4, 0.5) is 0 Å². The highest BCUT2D eigenvalue weighted by Crippen LogP contribution is 2.21. The standard InChI is InChI=1S/C22H22N4O3/c1-16-20(14-23)21(26(25-16)18-5-3-2-4-6-18)15-29-19-9-7-17(8-10-19)13-22(28)24-11-12-27/h2-10,27H,11-13,15H2,1H3,(H,24,28). The zero-order valence-corrected chi connectivity index (χ0v) is 16.1. The second-order valence-electron chi connectivity index (χ2n) is 6.45. The van der Waals surface area contributed by atoms with Crippen molar-refractivity contribution in [1.82, 2.24) is 15.1 Å². The third-order valence-electron chi connectivity index (χ3n) is 4.37. The van der Waals surface area contributed by atoms with E-state index < -0.39 is 0 Å². The van der Waals surface area contributed by atoms with Gasteiger partial charge in [0.1, 0.15) is 24.0 Å². The van der Waals surface area contributed by atoms with E-state index >= 15 is 0 Å². The van der Waals surface area contributed by atoms with Crippen LogP contribution in [0.3, 0.4) is 0 Å². The molecule has 0 aliphatic rings. The van der Waals surface area contributed by atoms with E-state index in [0.717, 1.165) is 11.3 Å². The Balaban J connectivity index is 1.72. The van der Waals surface area contributed by atoms with Gasteiger partial charge in [-0.05, 0) is 36.8 Å². The largest absolute Gasteiger partial charge is 0.487 e. The zero-order valence-electron chi connectivity index (χ0n) is 16.1. The summed E-state index contributed by atoms with van der Waals surface area (Å²) in [6.07, 6.45) is 0.235. The van der Waals surface area contributed by atoms with Crippen molar-refractivity contribution < 1.29 is 14.6 Å². The summed E-state index contributed by atoms with van der Waals surface area (Å²) < 4.78 is 7.62. The number of benzene rings is 2. The number of rotatable bonds is 8. The van der Waals surface area contributed by atoms with E-state index in [0.29, 0.717) is 22.7 Å². The number of para-hydroxylation sites is 1. The Morgan fingerprint density at radius 3 is 2.59 bits per heavy atom. The lowest BCUT2D eigenvalue weighted by Gasteiger charge is -2.10. The van der Waals surface area contributed by atoms with Gasteiger partial charge in [0.2, 0.25) is 5.91 Å².